The lowest BCUT2D eigenvalue weighted by atomic mass is 10.0. The van der Waals surface area contributed by atoms with Gasteiger partial charge in [-0.3, -0.25) is 4.79 Å². The average Bonchev–Trinajstić information content (AvgIpc) is 2.48. The lowest BCUT2D eigenvalue weighted by molar-refractivity contribution is -0.154. The van der Waals surface area contributed by atoms with E-state index >= 15 is 0 Å². The largest absolute Gasteiger partial charge is 0.484 e. The van der Waals surface area contributed by atoms with E-state index < -0.39 is 37.2 Å². The molecule has 0 saturated carbocycles. The Balaban J connectivity index is 0.00000729. The van der Waals surface area contributed by atoms with Crippen molar-refractivity contribution in [3.05, 3.63) is 23.8 Å². The van der Waals surface area contributed by atoms with E-state index in [0.717, 1.165) is 18.2 Å². The molecule has 1 amide bonds. The fourth-order valence-electron chi connectivity index (χ4n) is 2.29. The van der Waals surface area contributed by atoms with Crippen molar-refractivity contribution in [3.63, 3.8) is 0 Å². The number of alkyl halides is 6. The van der Waals surface area contributed by atoms with E-state index in [1.54, 1.807) is 6.92 Å². The SMILES string of the molecule is C.CC(C)C[C@@H](C)NC(=O)c1cc(OCC(F)(F)F)ccc1OCC(F)(F)F. The van der Waals surface area contributed by atoms with Gasteiger partial charge in [-0.25, -0.2) is 0 Å². The molecule has 1 atom stereocenters. The van der Waals surface area contributed by atoms with E-state index in [4.69, 9.17) is 0 Å². The van der Waals surface area contributed by atoms with Crippen molar-refractivity contribution < 1.29 is 40.6 Å². The van der Waals surface area contributed by atoms with Gasteiger partial charge in [0.25, 0.3) is 5.91 Å². The fraction of sp³-hybridized carbons (Fsp3) is 0.611. The van der Waals surface area contributed by atoms with Crippen LogP contribution in [-0.4, -0.2) is 37.5 Å². The van der Waals surface area contributed by atoms with Gasteiger partial charge in [-0.1, -0.05) is 21.3 Å². The number of carbonyl (C=O) groups is 1. The Kier molecular flexibility index (Phi) is 9.63. The lowest BCUT2D eigenvalue weighted by Crippen LogP contribution is -2.34. The molecule has 162 valence electrons. The molecule has 1 N–H and O–H groups in total. The van der Waals surface area contributed by atoms with Gasteiger partial charge in [0.2, 0.25) is 0 Å². The third-order valence-corrected chi connectivity index (χ3v) is 3.19. The Bertz CT molecular complexity index is 629. The van der Waals surface area contributed by atoms with Crippen LogP contribution >= 0.6 is 0 Å². The molecule has 0 radical (unpaired) electrons. The zero-order valence-electron chi connectivity index (χ0n) is 15.0. The lowest BCUT2D eigenvalue weighted by Gasteiger charge is -2.19. The Morgan fingerprint density at radius 1 is 1.00 bits per heavy atom. The summed E-state index contributed by atoms with van der Waals surface area (Å²) in [6, 6.07) is 2.60. The van der Waals surface area contributed by atoms with Gasteiger partial charge >= 0.3 is 12.4 Å². The molecule has 0 aromatic heterocycles. The van der Waals surface area contributed by atoms with Crippen molar-refractivity contribution >= 4 is 5.91 Å². The van der Waals surface area contributed by atoms with Gasteiger partial charge < -0.3 is 14.8 Å². The Labute approximate surface area is 160 Å². The van der Waals surface area contributed by atoms with Crippen LogP contribution in [0.1, 0.15) is 45.0 Å². The van der Waals surface area contributed by atoms with Gasteiger partial charge in [-0.05, 0) is 37.5 Å². The fourth-order valence-corrected chi connectivity index (χ4v) is 2.29. The first-order chi connectivity index (χ1) is 12.3. The Morgan fingerprint density at radius 2 is 1.54 bits per heavy atom. The van der Waals surface area contributed by atoms with Crippen molar-refractivity contribution in [2.75, 3.05) is 13.2 Å². The van der Waals surface area contributed by atoms with E-state index in [0.29, 0.717) is 6.42 Å². The first-order valence-electron chi connectivity index (χ1n) is 8.11. The molecule has 0 heterocycles. The number of rotatable bonds is 8. The summed E-state index contributed by atoms with van der Waals surface area (Å²) in [6.07, 6.45) is -8.63. The van der Waals surface area contributed by atoms with Crippen LogP contribution in [0.2, 0.25) is 0 Å². The minimum Gasteiger partial charge on any atom is -0.484 e. The number of carbonyl (C=O) groups excluding carboxylic acids is 1. The van der Waals surface area contributed by atoms with Gasteiger partial charge in [0.05, 0.1) is 5.56 Å². The number of nitrogens with one attached hydrogen (secondary N) is 1. The summed E-state index contributed by atoms with van der Waals surface area (Å²) < 4.78 is 83.1. The van der Waals surface area contributed by atoms with Crippen LogP contribution in [-0.2, 0) is 0 Å². The quantitative estimate of drug-likeness (QED) is 0.579. The molecular weight excluding hydrogens is 392 g/mol. The van der Waals surface area contributed by atoms with E-state index in [1.807, 2.05) is 13.8 Å². The number of amides is 1. The van der Waals surface area contributed by atoms with E-state index in [-0.39, 0.29) is 30.7 Å². The molecule has 4 nitrogen and oxygen atoms in total. The second kappa shape index (κ2) is 10.4. The summed E-state index contributed by atoms with van der Waals surface area (Å²) >= 11 is 0. The first-order valence-corrected chi connectivity index (χ1v) is 8.11. The van der Waals surface area contributed by atoms with Crippen LogP contribution in [0.5, 0.6) is 11.5 Å². The maximum Gasteiger partial charge on any atom is 0.422 e. The summed E-state index contributed by atoms with van der Waals surface area (Å²) in [6.45, 7) is 2.31. The molecule has 1 rings (SSSR count). The second-order valence-electron chi connectivity index (χ2n) is 6.47. The third kappa shape index (κ3) is 10.3. The van der Waals surface area contributed by atoms with Crippen molar-refractivity contribution in [2.24, 2.45) is 5.92 Å². The standard InChI is InChI=1S/C17H21F6NO3.CH4/c1-10(2)6-11(3)24-15(25)13-7-12(26-8-16(18,19)20)4-5-14(13)27-9-17(21,22)23;/h4-5,7,10-11H,6,8-9H2,1-3H3,(H,24,25);1H4/t11-;/m1./s1. The van der Waals surface area contributed by atoms with E-state index in [2.05, 4.69) is 14.8 Å². The monoisotopic (exact) mass is 417 g/mol. The van der Waals surface area contributed by atoms with Gasteiger partial charge in [0.1, 0.15) is 11.5 Å². The smallest absolute Gasteiger partial charge is 0.422 e. The molecular formula is C18H25F6NO3. The molecule has 0 unspecified atom stereocenters. The van der Waals surface area contributed by atoms with Crippen LogP contribution < -0.4 is 14.8 Å². The molecule has 0 aliphatic carbocycles. The van der Waals surface area contributed by atoms with Crippen LogP contribution in [0.25, 0.3) is 0 Å². The zero-order chi connectivity index (χ0) is 20.8. The van der Waals surface area contributed by atoms with Crippen molar-refractivity contribution in [3.8, 4) is 11.5 Å². The summed E-state index contributed by atoms with van der Waals surface area (Å²) in [5, 5.41) is 2.59. The highest BCUT2D eigenvalue weighted by molar-refractivity contribution is 5.97. The summed E-state index contributed by atoms with van der Waals surface area (Å²) in [5.74, 6) is -1.23. The third-order valence-electron chi connectivity index (χ3n) is 3.19. The summed E-state index contributed by atoms with van der Waals surface area (Å²) in [4.78, 5) is 12.4. The number of hydrogen-bond donors (Lipinski definition) is 1. The van der Waals surface area contributed by atoms with Crippen molar-refractivity contribution in [1.82, 2.24) is 5.32 Å². The maximum absolute atomic E-state index is 12.4. The Hall–Kier alpha value is -2.13. The molecule has 1 aromatic rings. The molecule has 1 aromatic carbocycles. The van der Waals surface area contributed by atoms with Crippen LogP contribution in [0.3, 0.4) is 0 Å². The van der Waals surface area contributed by atoms with Crippen LogP contribution in [0, 0.1) is 5.92 Å². The second-order valence-corrected chi connectivity index (χ2v) is 6.47. The minimum atomic E-state index is -4.63. The van der Waals surface area contributed by atoms with Gasteiger partial charge in [0.15, 0.2) is 13.2 Å². The number of halogens is 6. The topological polar surface area (TPSA) is 47.6 Å². The zero-order valence-corrected chi connectivity index (χ0v) is 15.0. The molecule has 28 heavy (non-hydrogen) atoms. The molecule has 0 fully saturated rings. The number of benzene rings is 1. The number of ether oxygens (including phenoxy) is 2. The normalized spacial score (nSPS) is 12.9. The highest BCUT2D eigenvalue weighted by Gasteiger charge is 2.30. The molecule has 0 spiro atoms. The highest BCUT2D eigenvalue weighted by Crippen LogP contribution is 2.28. The van der Waals surface area contributed by atoms with Gasteiger partial charge in [-0.2, -0.15) is 26.3 Å². The molecule has 0 aliphatic rings. The Morgan fingerprint density at radius 3 is 2.04 bits per heavy atom. The molecule has 0 aliphatic heterocycles. The minimum absolute atomic E-state index is 0. The van der Waals surface area contributed by atoms with Gasteiger partial charge in [0, 0.05) is 6.04 Å². The predicted molar refractivity (Wildman–Crippen MR) is 92.7 cm³/mol. The van der Waals surface area contributed by atoms with Gasteiger partial charge in [-0.15, -0.1) is 0 Å². The van der Waals surface area contributed by atoms with Crippen molar-refractivity contribution in [1.29, 1.82) is 0 Å². The highest BCUT2D eigenvalue weighted by atomic mass is 19.4. The number of hydrogen-bond acceptors (Lipinski definition) is 3. The maximum atomic E-state index is 12.4. The van der Waals surface area contributed by atoms with E-state index in [1.165, 1.54) is 0 Å². The molecule has 0 saturated heterocycles. The van der Waals surface area contributed by atoms with Crippen LogP contribution in [0.4, 0.5) is 26.3 Å². The first kappa shape index (κ1) is 25.9. The van der Waals surface area contributed by atoms with E-state index in [9.17, 15) is 31.1 Å². The molecule has 10 heteroatoms. The molecule has 0 bridgehead atoms. The summed E-state index contributed by atoms with van der Waals surface area (Å²) in [5.41, 5.74) is -0.338. The van der Waals surface area contributed by atoms with Crippen molar-refractivity contribution in [2.45, 2.75) is 53.0 Å². The predicted octanol–water partition coefficient (Wildman–Crippen LogP) is 5.37. The average molecular weight is 417 g/mol. The summed E-state index contributed by atoms with van der Waals surface area (Å²) in [7, 11) is 0. The van der Waals surface area contributed by atoms with Crippen LogP contribution in [0.15, 0.2) is 18.2 Å².